The van der Waals surface area contributed by atoms with Gasteiger partial charge in [-0.15, -0.1) is 0 Å². The van der Waals surface area contributed by atoms with Crippen LogP contribution >= 0.6 is 0 Å². The molecule has 1 aromatic carbocycles. The van der Waals surface area contributed by atoms with Crippen molar-refractivity contribution < 1.29 is 0 Å². The lowest BCUT2D eigenvalue weighted by Crippen LogP contribution is -2.38. The molecule has 2 aromatic heterocycles. The van der Waals surface area contributed by atoms with E-state index in [1.54, 1.807) is 12.3 Å². The Labute approximate surface area is 127 Å². The van der Waals surface area contributed by atoms with Crippen molar-refractivity contribution in [3.63, 3.8) is 0 Å². The van der Waals surface area contributed by atoms with Crippen LogP contribution in [-0.4, -0.2) is 32.8 Å². The highest BCUT2D eigenvalue weighted by molar-refractivity contribution is 5.78. The summed E-state index contributed by atoms with van der Waals surface area (Å²) >= 11 is 0. The molecule has 1 saturated heterocycles. The van der Waals surface area contributed by atoms with Gasteiger partial charge in [0.1, 0.15) is 0 Å². The third-order valence-corrected chi connectivity index (χ3v) is 4.20. The Morgan fingerprint density at radius 1 is 1.23 bits per heavy atom. The van der Waals surface area contributed by atoms with Gasteiger partial charge in [-0.25, -0.2) is 4.98 Å². The van der Waals surface area contributed by atoms with Gasteiger partial charge in [0.25, 0.3) is 5.56 Å². The van der Waals surface area contributed by atoms with Crippen LogP contribution in [0, 0.1) is 0 Å². The molecule has 112 valence electrons. The van der Waals surface area contributed by atoms with Crippen LogP contribution in [0.3, 0.4) is 0 Å². The van der Waals surface area contributed by atoms with Gasteiger partial charge in [-0.2, -0.15) is 5.10 Å². The van der Waals surface area contributed by atoms with Crippen molar-refractivity contribution in [1.82, 2.24) is 19.7 Å². The number of hydrogen-bond acceptors (Lipinski definition) is 4. The van der Waals surface area contributed by atoms with Gasteiger partial charge in [-0.1, -0.05) is 12.1 Å². The summed E-state index contributed by atoms with van der Waals surface area (Å²) in [7, 11) is 0. The molecule has 1 atom stereocenters. The third-order valence-electron chi connectivity index (χ3n) is 4.20. The Morgan fingerprint density at radius 3 is 3.00 bits per heavy atom. The number of aromatic nitrogens is 4. The Morgan fingerprint density at radius 2 is 2.14 bits per heavy atom. The quantitative estimate of drug-likeness (QED) is 0.785. The monoisotopic (exact) mass is 295 g/mol. The summed E-state index contributed by atoms with van der Waals surface area (Å²) in [6, 6.07) is 9.70. The fourth-order valence-corrected chi connectivity index (χ4v) is 3.08. The summed E-state index contributed by atoms with van der Waals surface area (Å²) in [5.41, 5.74) is 0.657. The fourth-order valence-electron chi connectivity index (χ4n) is 3.08. The van der Waals surface area contributed by atoms with Crippen LogP contribution in [0.1, 0.15) is 18.9 Å². The van der Waals surface area contributed by atoms with E-state index in [1.807, 2.05) is 35.1 Å². The second-order valence-electron chi connectivity index (χ2n) is 5.63. The van der Waals surface area contributed by atoms with Crippen LogP contribution in [0.5, 0.6) is 0 Å². The number of H-pyrrole nitrogens is 1. The van der Waals surface area contributed by atoms with Gasteiger partial charge in [-0.05, 0) is 31.0 Å². The second-order valence-corrected chi connectivity index (χ2v) is 5.63. The zero-order valence-corrected chi connectivity index (χ0v) is 12.1. The van der Waals surface area contributed by atoms with Crippen molar-refractivity contribution in [3.05, 3.63) is 53.1 Å². The summed E-state index contributed by atoms with van der Waals surface area (Å²) < 4.78 is 1.99. The van der Waals surface area contributed by atoms with Gasteiger partial charge in [0.15, 0.2) is 0 Å². The van der Waals surface area contributed by atoms with Gasteiger partial charge >= 0.3 is 0 Å². The minimum Gasteiger partial charge on any atom is -0.340 e. The molecule has 1 N–H and O–H groups in total. The zero-order valence-electron chi connectivity index (χ0n) is 12.1. The molecule has 6 nitrogen and oxygen atoms in total. The molecule has 3 aromatic rings. The van der Waals surface area contributed by atoms with Gasteiger partial charge in [0.05, 0.1) is 16.9 Å². The topological polar surface area (TPSA) is 66.8 Å². The van der Waals surface area contributed by atoms with Gasteiger partial charge in [0, 0.05) is 25.5 Å². The average molecular weight is 295 g/mol. The lowest BCUT2D eigenvalue weighted by atomic mass is 10.1. The summed E-state index contributed by atoms with van der Waals surface area (Å²) in [4.78, 5) is 21.9. The summed E-state index contributed by atoms with van der Waals surface area (Å²) in [5.74, 6) is 0.653. The first-order chi connectivity index (χ1) is 10.8. The maximum Gasteiger partial charge on any atom is 0.260 e. The minimum absolute atomic E-state index is 0.0817. The molecule has 3 heterocycles. The third kappa shape index (κ3) is 2.26. The van der Waals surface area contributed by atoms with Crippen molar-refractivity contribution >= 4 is 16.9 Å². The molecule has 0 spiro atoms. The summed E-state index contributed by atoms with van der Waals surface area (Å²) in [5, 5.41) is 4.96. The molecule has 0 radical (unpaired) electrons. The predicted octanol–water partition coefficient (Wildman–Crippen LogP) is 1.96. The number of rotatable bonds is 2. The van der Waals surface area contributed by atoms with Gasteiger partial charge in [-0.3, -0.25) is 14.5 Å². The number of benzene rings is 1. The molecule has 0 aliphatic carbocycles. The van der Waals surface area contributed by atoms with E-state index < -0.39 is 0 Å². The van der Waals surface area contributed by atoms with E-state index >= 15 is 0 Å². The van der Waals surface area contributed by atoms with Crippen molar-refractivity contribution in [2.24, 2.45) is 0 Å². The molecule has 22 heavy (non-hydrogen) atoms. The van der Waals surface area contributed by atoms with Crippen LogP contribution < -0.4 is 10.5 Å². The van der Waals surface area contributed by atoms with E-state index in [0.29, 0.717) is 17.4 Å². The van der Waals surface area contributed by atoms with E-state index in [0.717, 1.165) is 31.4 Å². The number of nitrogens with zero attached hydrogens (tertiary/aromatic N) is 4. The first kappa shape index (κ1) is 13.1. The van der Waals surface area contributed by atoms with Crippen molar-refractivity contribution in [3.8, 4) is 0 Å². The molecule has 1 unspecified atom stereocenters. The average Bonchev–Trinajstić information content (AvgIpc) is 3.09. The molecule has 1 aliphatic heterocycles. The Balaban J connectivity index is 1.68. The van der Waals surface area contributed by atoms with Crippen LogP contribution in [-0.2, 0) is 0 Å². The summed E-state index contributed by atoms with van der Waals surface area (Å²) in [6.45, 7) is 1.71. The minimum atomic E-state index is -0.0817. The molecule has 0 amide bonds. The van der Waals surface area contributed by atoms with Gasteiger partial charge < -0.3 is 4.90 Å². The van der Waals surface area contributed by atoms with Crippen LogP contribution in [0.25, 0.3) is 10.9 Å². The van der Waals surface area contributed by atoms with Crippen molar-refractivity contribution in [2.75, 3.05) is 18.0 Å². The number of hydrogen-bond donors (Lipinski definition) is 1. The molecule has 1 fully saturated rings. The van der Waals surface area contributed by atoms with Crippen LogP contribution in [0.15, 0.2) is 47.5 Å². The highest BCUT2D eigenvalue weighted by atomic mass is 16.1. The molecule has 6 heteroatoms. The molecule has 1 aliphatic rings. The van der Waals surface area contributed by atoms with Crippen LogP contribution in [0.2, 0.25) is 0 Å². The van der Waals surface area contributed by atoms with E-state index in [4.69, 9.17) is 0 Å². The number of nitrogens with one attached hydrogen (secondary N) is 1. The maximum absolute atomic E-state index is 12.2. The zero-order chi connectivity index (χ0) is 14.9. The number of fused-ring (bicyclic) bond motifs is 1. The second kappa shape index (κ2) is 5.29. The van der Waals surface area contributed by atoms with Crippen molar-refractivity contribution in [2.45, 2.75) is 18.9 Å². The lowest BCUT2D eigenvalue weighted by Gasteiger charge is -2.33. The van der Waals surface area contributed by atoms with Crippen LogP contribution in [0.4, 0.5) is 5.95 Å². The Hall–Kier alpha value is -2.63. The SMILES string of the molecule is O=c1[nH]c(N2CCCC(n3cccn3)C2)nc2ccccc12. The van der Waals surface area contributed by atoms with E-state index in [1.165, 1.54) is 0 Å². The van der Waals surface area contributed by atoms with E-state index in [2.05, 4.69) is 20.0 Å². The molecule has 0 saturated carbocycles. The Bertz CT molecular complexity index is 839. The first-order valence-corrected chi connectivity index (χ1v) is 7.54. The smallest absolute Gasteiger partial charge is 0.260 e. The van der Waals surface area contributed by atoms with Crippen molar-refractivity contribution in [1.29, 1.82) is 0 Å². The molecular weight excluding hydrogens is 278 g/mol. The molecule has 0 bridgehead atoms. The molecular formula is C16H17N5O. The first-order valence-electron chi connectivity index (χ1n) is 7.54. The number of anilines is 1. The number of aromatic amines is 1. The Kier molecular flexibility index (Phi) is 3.14. The van der Waals surface area contributed by atoms with E-state index in [-0.39, 0.29) is 5.56 Å². The summed E-state index contributed by atoms with van der Waals surface area (Å²) in [6.07, 6.45) is 5.94. The highest BCUT2D eigenvalue weighted by Crippen LogP contribution is 2.23. The number of piperidine rings is 1. The van der Waals surface area contributed by atoms with Gasteiger partial charge in [0.2, 0.25) is 5.95 Å². The maximum atomic E-state index is 12.2. The predicted molar refractivity (Wildman–Crippen MR) is 85.1 cm³/mol. The lowest BCUT2D eigenvalue weighted by molar-refractivity contribution is 0.373. The highest BCUT2D eigenvalue weighted by Gasteiger charge is 2.23. The fraction of sp³-hybridized carbons (Fsp3) is 0.312. The normalized spacial score (nSPS) is 18.7. The standard InChI is InChI=1S/C16H17N5O/c22-15-13-6-1-2-7-14(13)18-16(19-15)20-9-3-5-12(11-20)21-10-4-8-17-21/h1-2,4,6-8,10,12H,3,5,9,11H2,(H,18,19,22). The van der Waals surface area contributed by atoms with E-state index in [9.17, 15) is 4.79 Å². The molecule has 4 rings (SSSR count). The largest absolute Gasteiger partial charge is 0.340 e. The number of para-hydroxylation sites is 1.